The molecule has 5 N–H and O–H groups in total. The van der Waals surface area contributed by atoms with Gasteiger partial charge in [0.15, 0.2) is 0 Å². The zero-order chi connectivity index (χ0) is 18.5. The van der Waals surface area contributed by atoms with E-state index in [1.165, 1.54) is 40.9 Å². The molecule has 25 heavy (non-hydrogen) atoms. The number of amides is 2. The van der Waals surface area contributed by atoms with Crippen molar-refractivity contribution in [2.45, 2.75) is 42.1 Å². The number of phenols is 1. The minimum Gasteiger partial charge on any atom is -0.508 e. The van der Waals surface area contributed by atoms with E-state index in [1.807, 2.05) is 0 Å². The average Bonchev–Trinajstić information content (AvgIpc) is 2.80. The molecule has 2 heterocycles. The number of fused-ring (bicyclic) bond motifs is 1. The standard InChI is InChI=1S/C16H19N3O5S/c1-16(2)11(15(23)24)19-13(22)10(14(19)25-16)18-12(21)9(17)7-3-5-8(20)6-4-7/h3-6,9-11,14,20H,17H2,1-2H3,(H,18,21)(H,23,24)/t9-,10+,11-,14-/m0/s1. The molecule has 4 atom stereocenters. The van der Waals surface area contributed by atoms with Crippen LogP contribution in [0.5, 0.6) is 5.75 Å². The van der Waals surface area contributed by atoms with E-state index in [4.69, 9.17) is 5.73 Å². The molecule has 9 heteroatoms. The summed E-state index contributed by atoms with van der Waals surface area (Å²) in [4.78, 5) is 37.5. The SMILES string of the molecule is CC1(C)S[C@H]2[C@H](NC(=O)[C@@H](N)c3ccc(O)cc3)C(=O)N2[C@H]1C(=O)O. The minimum atomic E-state index is -1.06. The number of thioether (sulfide) groups is 1. The Bertz CT molecular complexity index is 736. The highest BCUT2D eigenvalue weighted by Gasteiger charge is 2.64. The van der Waals surface area contributed by atoms with E-state index in [0.717, 1.165) is 0 Å². The van der Waals surface area contributed by atoms with Gasteiger partial charge in [-0.05, 0) is 31.5 Å². The number of hydrogen-bond acceptors (Lipinski definition) is 6. The number of carboxylic acids is 1. The second kappa shape index (κ2) is 5.92. The number of nitrogens with zero attached hydrogens (tertiary/aromatic N) is 1. The van der Waals surface area contributed by atoms with Crippen LogP contribution in [-0.2, 0) is 14.4 Å². The fourth-order valence-electron chi connectivity index (χ4n) is 3.22. The summed E-state index contributed by atoms with van der Waals surface area (Å²) in [5.41, 5.74) is 6.41. The topological polar surface area (TPSA) is 133 Å². The number of aliphatic carboxylic acids is 1. The summed E-state index contributed by atoms with van der Waals surface area (Å²) < 4.78 is -0.648. The maximum Gasteiger partial charge on any atom is 0.327 e. The van der Waals surface area contributed by atoms with Gasteiger partial charge in [-0.3, -0.25) is 9.59 Å². The average molecular weight is 365 g/mol. The first-order chi connectivity index (χ1) is 11.6. The number of aromatic hydroxyl groups is 1. The van der Waals surface area contributed by atoms with Crippen LogP contribution < -0.4 is 11.1 Å². The molecule has 0 aliphatic carbocycles. The summed E-state index contributed by atoms with van der Waals surface area (Å²) >= 11 is 1.35. The van der Waals surface area contributed by atoms with Gasteiger partial charge in [-0.2, -0.15) is 0 Å². The first kappa shape index (κ1) is 17.6. The van der Waals surface area contributed by atoms with E-state index in [-0.39, 0.29) is 5.75 Å². The van der Waals surface area contributed by atoms with Gasteiger partial charge in [0.1, 0.15) is 29.2 Å². The summed E-state index contributed by atoms with van der Waals surface area (Å²) in [7, 11) is 0. The van der Waals surface area contributed by atoms with Crippen molar-refractivity contribution < 1.29 is 24.6 Å². The molecule has 3 rings (SSSR count). The Hall–Kier alpha value is -2.26. The fourth-order valence-corrected chi connectivity index (χ4v) is 4.85. The number of rotatable bonds is 4. The van der Waals surface area contributed by atoms with Gasteiger partial charge in [-0.15, -0.1) is 11.8 Å². The number of hydrogen-bond donors (Lipinski definition) is 4. The van der Waals surface area contributed by atoms with Crippen molar-refractivity contribution >= 4 is 29.5 Å². The van der Waals surface area contributed by atoms with Gasteiger partial charge in [0.05, 0.1) is 0 Å². The Labute approximate surface area is 148 Å². The molecule has 0 radical (unpaired) electrons. The van der Waals surface area contributed by atoms with Gasteiger partial charge in [0, 0.05) is 4.75 Å². The monoisotopic (exact) mass is 365 g/mol. The van der Waals surface area contributed by atoms with Crippen LogP contribution in [0.15, 0.2) is 24.3 Å². The lowest BCUT2D eigenvalue weighted by Crippen LogP contribution is -2.71. The van der Waals surface area contributed by atoms with Gasteiger partial charge in [-0.1, -0.05) is 12.1 Å². The summed E-state index contributed by atoms with van der Waals surface area (Å²) in [5.74, 6) is -1.94. The molecule has 2 aliphatic rings. The predicted octanol–water partition coefficient (Wildman–Crippen LogP) is 0.0237. The maximum atomic E-state index is 12.3. The largest absolute Gasteiger partial charge is 0.508 e. The van der Waals surface area contributed by atoms with Gasteiger partial charge in [-0.25, -0.2) is 4.79 Å². The molecular weight excluding hydrogens is 346 g/mol. The molecule has 2 saturated heterocycles. The Morgan fingerprint density at radius 1 is 1.32 bits per heavy atom. The Balaban J connectivity index is 1.70. The second-order valence-corrected chi connectivity index (χ2v) is 8.42. The zero-order valence-corrected chi connectivity index (χ0v) is 14.5. The van der Waals surface area contributed by atoms with Crippen LogP contribution in [0.4, 0.5) is 0 Å². The lowest BCUT2D eigenvalue weighted by molar-refractivity contribution is -0.161. The molecule has 0 bridgehead atoms. The number of nitrogens with one attached hydrogen (secondary N) is 1. The van der Waals surface area contributed by atoms with Crippen LogP contribution in [0.25, 0.3) is 0 Å². The number of benzene rings is 1. The van der Waals surface area contributed by atoms with Crippen molar-refractivity contribution in [3.63, 3.8) is 0 Å². The third-order valence-corrected chi connectivity index (χ3v) is 6.08. The van der Waals surface area contributed by atoms with Gasteiger partial charge >= 0.3 is 5.97 Å². The molecule has 0 spiro atoms. The van der Waals surface area contributed by atoms with Crippen LogP contribution in [0, 0.1) is 0 Å². The van der Waals surface area contributed by atoms with Gasteiger partial charge < -0.3 is 26.2 Å². The molecule has 0 aromatic heterocycles. The van der Waals surface area contributed by atoms with Crippen molar-refractivity contribution in [3.8, 4) is 5.75 Å². The zero-order valence-electron chi connectivity index (χ0n) is 13.7. The normalized spacial score (nSPS) is 28.0. The summed E-state index contributed by atoms with van der Waals surface area (Å²) in [6.45, 7) is 3.53. The highest BCUT2D eigenvalue weighted by molar-refractivity contribution is 8.01. The number of β-lactam (4-membered cyclic amide) rings is 1. The molecule has 2 fully saturated rings. The van der Waals surface area contributed by atoms with E-state index >= 15 is 0 Å². The highest BCUT2D eigenvalue weighted by atomic mass is 32.2. The molecule has 2 amide bonds. The van der Waals surface area contributed by atoms with E-state index in [9.17, 15) is 24.6 Å². The molecule has 8 nitrogen and oxygen atoms in total. The molecule has 0 unspecified atom stereocenters. The molecule has 0 saturated carbocycles. The number of phenolic OH excluding ortho intramolecular Hbond substituents is 1. The quantitative estimate of drug-likeness (QED) is 0.553. The van der Waals surface area contributed by atoms with Gasteiger partial charge in [0.2, 0.25) is 11.8 Å². The minimum absolute atomic E-state index is 0.0606. The molecule has 134 valence electrons. The van der Waals surface area contributed by atoms with Crippen molar-refractivity contribution in [1.82, 2.24) is 10.2 Å². The van der Waals surface area contributed by atoms with E-state index in [1.54, 1.807) is 13.8 Å². The van der Waals surface area contributed by atoms with Crippen molar-refractivity contribution in [1.29, 1.82) is 0 Å². The van der Waals surface area contributed by atoms with Crippen LogP contribution in [-0.4, -0.2) is 55.1 Å². The molecule has 2 aliphatic heterocycles. The third-order valence-electron chi connectivity index (χ3n) is 4.51. The third kappa shape index (κ3) is 2.83. The number of carboxylic acid groups (broad SMARTS) is 1. The van der Waals surface area contributed by atoms with Crippen molar-refractivity contribution in [3.05, 3.63) is 29.8 Å². The van der Waals surface area contributed by atoms with Crippen LogP contribution in [0.3, 0.4) is 0 Å². The van der Waals surface area contributed by atoms with E-state index in [0.29, 0.717) is 5.56 Å². The molecular formula is C16H19N3O5S. The van der Waals surface area contributed by atoms with Crippen LogP contribution in [0.2, 0.25) is 0 Å². The predicted molar refractivity (Wildman–Crippen MR) is 90.7 cm³/mol. The lowest BCUT2D eigenvalue weighted by atomic mass is 9.95. The maximum absolute atomic E-state index is 12.3. The summed E-state index contributed by atoms with van der Waals surface area (Å²) in [6, 6.07) is 3.21. The van der Waals surface area contributed by atoms with E-state index in [2.05, 4.69) is 5.32 Å². The number of carbonyl (C=O) groups is 3. The van der Waals surface area contributed by atoms with Crippen LogP contribution >= 0.6 is 11.8 Å². The van der Waals surface area contributed by atoms with Crippen LogP contribution in [0.1, 0.15) is 25.5 Å². The van der Waals surface area contributed by atoms with E-state index < -0.39 is 46.0 Å². The second-order valence-electron chi connectivity index (χ2n) is 6.65. The Kier molecular flexibility index (Phi) is 4.16. The Morgan fingerprint density at radius 2 is 1.92 bits per heavy atom. The number of carbonyl (C=O) groups excluding carboxylic acids is 2. The summed E-state index contributed by atoms with van der Waals surface area (Å²) in [5, 5.41) is 20.9. The fraction of sp³-hybridized carbons (Fsp3) is 0.438. The van der Waals surface area contributed by atoms with Crippen molar-refractivity contribution in [2.24, 2.45) is 5.73 Å². The molecule has 1 aromatic rings. The van der Waals surface area contributed by atoms with Gasteiger partial charge in [0.25, 0.3) is 0 Å². The Morgan fingerprint density at radius 3 is 2.48 bits per heavy atom. The highest BCUT2D eigenvalue weighted by Crippen LogP contribution is 2.50. The summed E-state index contributed by atoms with van der Waals surface area (Å²) in [6.07, 6.45) is 0. The smallest absolute Gasteiger partial charge is 0.327 e. The first-order valence-corrected chi connectivity index (χ1v) is 8.59. The lowest BCUT2D eigenvalue weighted by Gasteiger charge is -2.43. The molecule has 1 aromatic carbocycles. The first-order valence-electron chi connectivity index (χ1n) is 7.71. The van der Waals surface area contributed by atoms with Crippen molar-refractivity contribution in [2.75, 3.05) is 0 Å². The number of nitrogens with two attached hydrogens (primary N) is 1.